The number of nitrogens with zero attached hydrogens (tertiary/aromatic N) is 3. The van der Waals surface area contributed by atoms with E-state index in [1.807, 2.05) is 26.1 Å². The molecule has 0 spiro atoms. The van der Waals surface area contributed by atoms with Crippen molar-refractivity contribution in [3.05, 3.63) is 41.5 Å². The molecule has 0 aliphatic rings. The van der Waals surface area contributed by atoms with Gasteiger partial charge in [-0.25, -0.2) is 0 Å². The van der Waals surface area contributed by atoms with Crippen molar-refractivity contribution in [3.8, 4) is 5.75 Å². The van der Waals surface area contributed by atoms with Crippen LogP contribution in [-0.4, -0.2) is 21.1 Å². The number of hydrogen-bond donors (Lipinski definition) is 0. The zero-order valence-electron chi connectivity index (χ0n) is 9.75. The van der Waals surface area contributed by atoms with Crippen molar-refractivity contribution >= 4 is 6.29 Å². The zero-order chi connectivity index (χ0) is 12.3. The lowest BCUT2D eigenvalue weighted by atomic mass is 10.1. The van der Waals surface area contributed by atoms with Gasteiger partial charge in [0.25, 0.3) is 0 Å². The van der Waals surface area contributed by atoms with Gasteiger partial charge in [-0.2, -0.15) is 0 Å². The first-order valence-electron chi connectivity index (χ1n) is 5.23. The SMILES string of the molecule is Cc1cccc(C=O)c1OCc1nncn1C. The molecule has 1 heterocycles. The molecule has 1 aromatic carbocycles. The highest BCUT2D eigenvalue weighted by Gasteiger charge is 2.08. The maximum atomic E-state index is 10.9. The minimum atomic E-state index is 0.294. The van der Waals surface area contributed by atoms with E-state index in [2.05, 4.69) is 10.2 Å². The summed E-state index contributed by atoms with van der Waals surface area (Å²) in [5.41, 5.74) is 1.48. The Morgan fingerprint density at radius 2 is 2.29 bits per heavy atom. The second kappa shape index (κ2) is 4.78. The molecule has 0 atom stereocenters. The summed E-state index contributed by atoms with van der Waals surface area (Å²) in [6, 6.07) is 5.46. The van der Waals surface area contributed by atoms with Gasteiger partial charge in [0.05, 0.1) is 5.56 Å². The monoisotopic (exact) mass is 231 g/mol. The summed E-state index contributed by atoms with van der Waals surface area (Å²) in [4.78, 5) is 10.9. The fourth-order valence-electron chi connectivity index (χ4n) is 1.54. The highest BCUT2D eigenvalue weighted by Crippen LogP contribution is 2.22. The quantitative estimate of drug-likeness (QED) is 0.748. The molecule has 0 unspecified atom stereocenters. The number of carbonyl (C=O) groups excluding carboxylic acids is 1. The Hall–Kier alpha value is -2.17. The molecule has 5 nitrogen and oxygen atoms in total. The van der Waals surface area contributed by atoms with Crippen LogP contribution in [0.2, 0.25) is 0 Å². The Balaban J connectivity index is 2.19. The van der Waals surface area contributed by atoms with Crippen molar-refractivity contribution in [1.82, 2.24) is 14.8 Å². The number of carbonyl (C=O) groups is 1. The van der Waals surface area contributed by atoms with Gasteiger partial charge >= 0.3 is 0 Å². The van der Waals surface area contributed by atoms with Crippen molar-refractivity contribution in [3.63, 3.8) is 0 Å². The van der Waals surface area contributed by atoms with E-state index in [1.54, 1.807) is 17.0 Å². The molecule has 5 heteroatoms. The molecule has 0 radical (unpaired) electrons. The molecule has 0 saturated carbocycles. The van der Waals surface area contributed by atoms with Crippen molar-refractivity contribution in [2.45, 2.75) is 13.5 Å². The average Bonchev–Trinajstić information content (AvgIpc) is 2.73. The molecule has 17 heavy (non-hydrogen) atoms. The van der Waals surface area contributed by atoms with E-state index in [1.165, 1.54) is 0 Å². The Bertz CT molecular complexity index is 534. The normalized spacial score (nSPS) is 10.2. The van der Waals surface area contributed by atoms with Gasteiger partial charge in [-0.1, -0.05) is 12.1 Å². The third-order valence-corrected chi connectivity index (χ3v) is 2.52. The molecule has 0 fully saturated rings. The minimum Gasteiger partial charge on any atom is -0.485 e. The van der Waals surface area contributed by atoms with Crippen LogP contribution in [0.5, 0.6) is 5.75 Å². The summed E-state index contributed by atoms with van der Waals surface area (Å²) in [7, 11) is 1.84. The first-order valence-corrected chi connectivity index (χ1v) is 5.23. The first-order chi connectivity index (χ1) is 8.22. The molecule has 0 aliphatic carbocycles. The van der Waals surface area contributed by atoms with Crippen LogP contribution in [0.3, 0.4) is 0 Å². The van der Waals surface area contributed by atoms with Crippen LogP contribution in [0.4, 0.5) is 0 Å². The summed E-state index contributed by atoms with van der Waals surface area (Å²) in [6.07, 6.45) is 2.40. The van der Waals surface area contributed by atoms with Crippen molar-refractivity contribution in [2.75, 3.05) is 0 Å². The fourth-order valence-corrected chi connectivity index (χ4v) is 1.54. The molecular formula is C12H13N3O2. The second-order valence-corrected chi connectivity index (χ2v) is 3.76. The van der Waals surface area contributed by atoms with E-state index in [0.29, 0.717) is 23.7 Å². The first kappa shape index (κ1) is 11.3. The number of aldehydes is 1. The lowest BCUT2D eigenvalue weighted by molar-refractivity contribution is 0.111. The number of para-hydroxylation sites is 1. The number of aryl methyl sites for hydroxylation is 2. The van der Waals surface area contributed by atoms with Gasteiger partial charge in [0.2, 0.25) is 0 Å². The molecule has 0 amide bonds. The highest BCUT2D eigenvalue weighted by atomic mass is 16.5. The van der Waals surface area contributed by atoms with Gasteiger partial charge in [0.15, 0.2) is 12.1 Å². The fraction of sp³-hybridized carbons (Fsp3) is 0.250. The molecule has 0 N–H and O–H groups in total. The predicted molar refractivity (Wildman–Crippen MR) is 61.9 cm³/mol. The average molecular weight is 231 g/mol. The predicted octanol–water partition coefficient (Wildman–Crippen LogP) is 1.52. The Kier molecular flexibility index (Phi) is 3.18. The van der Waals surface area contributed by atoms with Gasteiger partial charge in [-0.15, -0.1) is 10.2 Å². The van der Waals surface area contributed by atoms with E-state index in [9.17, 15) is 4.79 Å². The van der Waals surface area contributed by atoms with E-state index in [-0.39, 0.29) is 0 Å². The number of rotatable bonds is 4. The number of aromatic nitrogens is 3. The van der Waals surface area contributed by atoms with Gasteiger partial charge < -0.3 is 9.30 Å². The highest BCUT2D eigenvalue weighted by molar-refractivity contribution is 5.80. The van der Waals surface area contributed by atoms with Crippen molar-refractivity contribution in [2.24, 2.45) is 7.05 Å². The molecule has 2 aromatic rings. The standard InChI is InChI=1S/C12H13N3O2/c1-9-4-3-5-10(6-16)12(9)17-7-11-14-13-8-15(11)2/h3-6,8H,7H2,1-2H3. The summed E-state index contributed by atoms with van der Waals surface area (Å²) in [5.74, 6) is 1.32. The van der Waals surface area contributed by atoms with Gasteiger partial charge in [0, 0.05) is 7.05 Å². The molecular weight excluding hydrogens is 218 g/mol. The Morgan fingerprint density at radius 1 is 1.47 bits per heavy atom. The van der Waals surface area contributed by atoms with E-state index >= 15 is 0 Å². The van der Waals surface area contributed by atoms with Crippen LogP contribution in [0.25, 0.3) is 0 Å². The van der Waals surface area contributed by atoms with Gasteiger partial charge in [-0.3, -0.25) is 4.79 Å². The minimum absolute atomic E-state index is 0.294. The van der Waals surface area contributed by atoms with Gasteiger partial charge in [0.1, 0.15) is 18.7 Å². The lowest BCUT2D eigenvalue weighted by Gasteiger charge is -2.10. The van der Waals surface area contributed by atoms with Gasteiger partial charge in [-0.05, 0) is 18.6 Å². The van der Waals surface area contributed by atoms with E-state index in [4.69, 9.17) is 4.74 Å². The van der Waals surface area contributed by atoms with Crippen LogP contribution in [0.15, 0.2) is 24.5 Å². The Morgan fingerprint density at radius 3 is 2.94 bits per heavy atom. The number of ether oxygens (including phenoxy) is 1. The molecule has 0 aliphatic heterocycles. The van der Waals surface area contributed by atoms with Crippen LogP contribution in [0, 0.1) is 6.92 Å². The van der Waals surface area contributed by atoms with Crippen LogP contribution in [-0.2, 0) is 13.7 Å². The van der Waals surface area contributed by atoms with Crippen molar-refractivity contribution < 1.29 is 9.53 Å². The molecule has 1 aromatic heterocycles. The summed E-state index contributed by atoms with van der Waals surface area (Å²) >= 11 is 0. The second-order valence-electron chi connectivity index (χ2n) is 3.76. The topological polar surface area (TPSA) is 57.0 Å². The van der Waals surface area contributed by atoms with E-state index in [0.717, 1.165) is 11.8 Å². The lowest BCUT2D eigenvalue weighted by Crippen LogP contribution is -2.05. The third-order valence-electron chi connectivity index (χ3n) is 2.52. The maximum absolute atomic E-state index is 10.9. The number of benzene rings is 1. The molecule has 0 bridgehead atoms. The van der Waals surface area contributed by atoms with Crippen LogP contribution >= 0.6 is 0 Å². The summed E-state index contributed by atoms with van der Waals surface area (Å²) in [6.45, 7) is 2.20. The smallest absolute Gasteiger partial charge is 0.170 e. The molecule has 0 saturated heterocycles. The molecule has 88 valence electrons. The largest absolute Gasteiger partial charge is 0.485 e. The van der Waals surface area contributed by atoms with Crippen LogP contribution in [0.1, 0.15) is 21.7 Å². The number of hydrogen-bond acceptors (Lipinski definition) is 4. The molecule has 2 rings (SSSR count). The summed E-state index contributed by atoms with van der Waals surface area (Å²) < 4.78 is 7.41. The van der Waals surface area contributed by atoms with E-state index < -0.39 is 0 Å². The van der Waals surface area contributed by atoms with Crippen molar-refractivity contribution in [1.29, 1.82) is 0 Å². The third kappa shape index (κ3) is 2.33. The van der Waals surface area contributed by atoms with Crippen LogP contribution < -0.4 is 4.74 Å². The Labute approximate surface area is 99.1 Å². The summed E-state index contributed by atoms with van der Waals surface area (Å²) in [5, 5.41) is 7.68. The maximum Gasteiger partial charge on any atom is 0.170 e. The zero-order valence-corrected chi connectivity index (χ0v) is 9.75.